The highest BCUT2D eigenvalue weighted by atomic mass is 32.2. The maximum absolute atomic E-state index is 12.5. The van der Waals surface area contributed by atoms with E-state index in [2.05, 4.69) is 14.6 Å². The van der Waals surface area contributed by atoms with Gasteiger partial charge in [-0.25, -0.2) is 26.3 Å². The maximum Gasteiger partial charge on any atom is 0.240 e. The Labute approximate surface area is 180 Å². The molecular formula is C19H23N3O7S2. The molecule has 168 valence electrons. The molecule has 0 heterocycles. The second-order valence-electron chi connectivity index (χ2n) is 6.81. The molecule has 2 aromatic rings. The third-order valence-corrected chi connectivity index (χ3v) is 7.67. The largest absolute Gasteiger partial charge is 0.410 e. The predicted octanol–water partition coefficient (Wildman–Crippen LogP) is 0.215. The predicted molar refractivity (Wildman–Crippen MR) is 113 cm³/mol. The van der Waals surface area contributed by atoms with Gasteiger partial charge in [0.15, 0.2) is 0 Å². The minimum absolute atomic E-state index is 0.0448. The number of hydrogen-bond donors (Lipinski definition) is 5. The van der Waals surface area contributed by atoms with E-state index in [1.54, 1.807) is 12.1 Å². The summed E-state index contributed by atoms with van der Waals surface area (Å²) in [5.74, 6) is 0. The lowest BCUT2D eigenvalue weighted by atomic mass is 10.1. The second-order valence-corrected chi connectivity index (χ2v) is 10.3. The molecule has 0 saturated heterocycles. The van der Waals surface area contributed by atoms with Crippen molar-refractivity contribution in [1.29, 1.82) is 0 Å². The molecule has 0 bridgehead atoms. The van der Waals surface area contributed by atoms with Gasteiger partial charge in [-0.05, 0) is 48.2 Å². The van der Waals surface area contributed by atoms with Gasteiger partial charge in [-0.15, -0.1) is 0 Å². The van der Waals surface area contributed by atoms with Crippen molar-refractivity contribution < 1.29 is 32.3 Å². The zero-order chi connectivity index (χ0) is 22.6. The highest BCUT2D eigenvalue weighted by molar-refractivity contribution is 7.89. The third-order valence-electron chi connectivity index (χ3n) is 4.76. The summed E-state index contributed by atoms with van der Waals surface area (Å²) in [6.07, 6.45) is 0.533. The summed E-state index contributed by atoms with van der Waals surface area (Å²) < 4.78 is 54.7. The molecule has 10 nitrogen and oxygen atoms in total. The second kappa shape index (κ2) is 9.42. The van der Waals surface area contributed by atoms with Crippen LogP contribution in [0.1, 0.15) is 24.0 Å². The van der Waals surface area contributed by atoms with Crippen LogP contribution in [0.4, 0.5) is 0 Å². The van der Waals surface area contributed by atoms with E-state index in [9.17, 15) is 22.0 Å². The summed E-state index contributed by atoms with van der Waals surface area (Å²) in [7, 11) is -7.68. The van der Waals surface area contributed by atoms with Crippen LogP contribution in [0.3, 0.4) is 0 Å². The summed E-state index contributed by atoms with van der Waals surface area (Å²) in [6, 6.07) is 8.68. The average Bonchev–Trinajstić information content (AvgIpc) is 3.06. The molecule has 1 aliphatic carbocycles. The molecule has 12 heteroatoms. The quantitative estimate of drug-likeness (QED) is 0.161. The van der Waals surface area contributed by atoms with Crippen molar-refractivity contribution in [3.63, 3.8) is 0 Å². The number of hydrogen-bond acceptors (Lipinski definition) is 8. The van der Waals surface area contributed by atoms with Crippen LogP contribution < -0.4 is 9.44 Å². The number of aliphatic hydroxyl groups is 2. The molecule has 2 aromatic carbocycles. The number of sulfonamides is 2. The zero-order valence-corrected chi connectivity index (χ0v) is 18.1. The van der Waals surface area contributed by atoms with Gasteiger partial charge in [0.1, 0.15) is 5.71 Å². The van der Waals surface area contributed by atoms with Crippen molar-refractivity contribution in [3.8, 4) is 11.1 Å². The Balaban J connectivity index is 1.98. The van der Waals surface area contributed by atoms with Crippen LogP contribution >= 0.6 is 0 Å². The fourth-order valence-corrected chi connectivity index (χ4v) is 5.43. The first-order valence-electron chi connectivity index (χ1n) is 9.47. The standard InChI is InChI=1S/C19H23N3O7S2/c23-9-1-7-20-30(26,27)13-3-5-15-16-6-4-14(31(28,29)21-8-2-10-24)12-18(16)19(22-25)17(15)11-13/h3-6,11-12,20-21,23-25H,1-2,7-10H2. The summed E-state index contributed by atoms with van der Waals surface area (Å²) >= 11 is 0. The highest BCUT2D eigenvalue weighted by Gasteiger charge is 2.29. The Morgan fingerprint density at radius 1 is 0.710 bits per heavy atom. The van der Waals surface area contributed by atoms with Gasteiger partial charge in [0, 0.05) is 37.4 Å². The van der Waals surface area contributed by atoms with E-state index in [1.165, 1.54) is 24.3 Å². The number of rotatable bonds is 10. The van der Waals surface area contributed by atoms with Gasteiger partial charge in [-0.2, -0.15) is 0 Å². The Morgan fingerprint density at radius 3 is 1.48 bits per heavy atom. The molecule has 0 aromatic heterocycles. The Bertz CT molecular complexity index is 1120. The molecule has 3 rings (SSSR count). The normalized spacial score (nSPS) is 13.2. The van der Waals surface area contributed by atoms with Crippen LogP contribution in [0.25, 0.3) is 11.1 Å². The van der Waals surface area contributed by atoms with E-state index >= 15 is 0 Å². The number of nitrogens with zero attached hydrogens (tertiary/aromatic N) is 1. The molecule has 0 fully saturated rings. The molecule has 0 spiro atoms. The van der Waals surface area contributed by atoms with Crippen molar-refractivity contribution in [3.05, 3.63) is 47.5 Å². The first-order valence-corrected chi connectivity index (χ1v) is 12.4. The van der Waals surface area contributed by atoms with Crippen molar-refractivity contribution in [2.24, 2.45) is 5.16 Å². The Morgan fingerprint density at radius 2 is 1.13 bits per heavy atom. The smallest absolute Gasteiger partial charge is 0.240 e. The van der Waals surface area contributed by atoms with E-state index in [-0.39, 0.29) is 54.6 Å². The summed E-state index contributed by atoms with van der Waals surface area (Å²) in [5, 5.41) is 30.5. The number of benzene rings is 2. The van der Waals surface area contributed by atoms with Crippen molar-refractivity contribution in [1.82, 2.24) is 9.44 Å². The third kappa shape index (κ3) is 4.79. The molecule has 0 unspecified atom stereocenters. The molecule has 0 amide bonds. The fraction of sp³-hybridized carbons (Fsp3) is 0.316. The molecule has 5 N–H and O–H groups in total. The average molecular weight is 470 g/mol. The molecule has 0 aliphatic heterocycles. The van der Waals surface area contributed by atoms with E-state index in [1.807, 2.05) is 0 Å². The number of oxime groups is 1. The molecule has 1 aliphatic rings. The van der Waals surface area contributed by atoms with Crippen LogP contribution in [0, 0.1) is 0 Å². The van der Waals surface area contributed by atoms with E-state index in [0.29, 0.717) is 22.3 Å². The first kappa shape index (κ1) is 23.3. The van der Waals surface area contributed by atoms with Crippen LogP contribution in [-0.2, 0) is 20.0 Å². The SMILES string of the molecule is O=S(=O)(NCCCO)c1ccc2c(c1)C(=NO)c1cc(S(=O)(=O)NCCCO)ccc1-2. The number of fused-ring (bicyclic) bond motifs is 3. The lowest BCUT2D eigenvalue weighted by Crippen LogP contribution is -2.25. The Kier molecular flexibility index (Phi) is 7.09. The summed E-state index contributed by atoms with van der Waals surface area (Å²) in [5.41, 5.74) is 1.98. The van der Waals surface area contributed by atoms with E-state index in [0.717, 1.165) is 0 Å². The highest BCUT2D eigenvalue weighted by Crippen LogP contribution is 2.39. The fourth-order valence-electron chi connectivity index (χ4n) is 3.23. The van der Waals surface area contributed by atoms with Gasteiger partial charge in [-0.1, -0.05) is 17.3 Å². The molecule has 0 atom stereocenters. The number of nitrogens with one attached hydrogen (secondary N) is 2. The minimum Gasteiger partial charge on any atom is -0.410 e. The molecule has 31 heavy (non-hydrogen) atoms. The minimum atomic E-state index is -3.84. The lowest BCUT2D eigenvalue weighted by molar-refractivity contribution is 0.289. The zero-order valence-electron chi connectivity index (χ0n) is 16.4. The van der Waals surface area contributed by atoms with Crippen LogP contribution in [0.15, 0.2) is 51.3 Å². The van der Waals surface area contributed by atoms with E-state index in [4.69, 9.17) is 10.2 Å². The van der Waals surface area contributed by atoms with Gasteiger partial charge in [0.05, 0.1) is 9.79 Å². The molecule has 0 saturated carbocycles. The van der Waals surface area contributed by atoms with Crippen LogP contribution in [-0.4, -0.2) is 64.3 Å². The first-order chi connectivity index (χ1) is 14.7. The van der Waals surface area contributed by atoms with Gasteiger partial charge in [-0.3, -0.25) is 0 Å². The van der Waals surface area contributed by atoms with Crippen molar-refractivity contribution in [2.45, 2.75) is 22.6 Å². The van der Waals surface area contributed by atoms with Crippen molar-refractivity contribution >= 4 is 25.8 Å². The van der Waals surface area contributed by atoms with Gasteiger partial charge in [0.25, 0.3) is 0 Å². The summed E-state index contributed by atoms with van der Waals surface area (Å²) in [4.78, 5) is -0.0895. The van der Waals surface area contributed by atoms with Crippen LogP contribution in [0.5, 0.6) is 0 Å². The van der Waals surface area contributed by atoms with Crippen molar-refractivity contribution in [2.75, 3.05) is 26.3 Å². The molecule has 0 radical (unpaired) electrons. The lowest BCUT2D eigenvalue weighted by Gasteiger charge is -2.08. The number of aliphatic hydroxyl groups excluding tert-OH is 2. The van der Waals surface area contributed by atoms with Crippen LogP contribution in [0.2, 0.25) is 0 Å². The topological polar surface area (TPSA) is 165 Å². The summed E-state index contributed by atoms with van der Waals surface area (Å²) in [6.45, 7) is -0.157. The van der Waals surface area contributed by atoms with Gasteiger partial charge in [0.2, 0.25) is 20.0 Å². The Hall–Kier alpha value is -2.35. The molecular weight excluding hydrogens is 446 g/mol. The van der Waals surface area contributed by atoms with Gasteiger partial charge >= 0.3 is 0 Å². The van der Waals surface area contributed by atoms with Gasteiger partial charge < -0.3 is 15.4 Å². The monoisotopic (exact) mass is 469 g/mol. The maximum atomic E-state index is 12.5. The van der Waals surface area contributed by atoms with E-state index < -0.39 is 20.0 Å².